The molecule has 0 saturated heterocycles. The number of nitrogens with zero attached hydrogens (tertiary/aromatic N) is 1. The van der Waals surface area contributed by atoms with Crippen LogP contribution in [0.3, 0.4) is 0 Å². The standard InChI is InChI=1S/C20H14N2O/c21-14-15-5-3-9-18(13-15)22-20(23)12-11-17-8-4-7-16-6-1-2-10-19(16)17/h1-13H,(H,22,23). The maximum absolute atomic E-state index is 12.0. The Kier molecular flexibility index (Phi) is 4.17. The highest BCUT2D eigenvalue weighted by Gasteiger charge is 2.01. The van der Waals surface area contributed by atoms with Gasteiger partial charge in [0.05, 0.1) is 11.6 Å². The molecule has 3 heteroatoms. The molecule has 0 aromatic heterocycles. The van der Waals surface area contributed by atoms with Crippen LogP contribution in [0.2, 0.25) is 0 Å². The van der Waals surface area contributed by atoms with Gasteiger partial charge < -0.3 is 5.32 Å². The summed E-state index contributed by atoms with van der Waals surface area (Å²) in [5, 5.41) is 13.9. The van der Waals surface area contributed by atoms with Gasteiger partial charge in [-0.15, -0.1) is 0 Å². The number of benzene rings is 3. The van der Waals surface area contributed by atoms with Crippen molar-refractivity contribution in [3.63, 3.8) is 0 Å². The number of nitrogens with one attached hydrogen (secondary N) is 1. The molecule has 0 aliphatic rings. The van der Waals surface area contributed by atoms with Crippen LogP contribution in [0.1, 0.15) is 11.1 Å². The van der Waals surface area contributed by atoms with Gasteiger partial charge in [-0.05, 0) is 40.6 Å². The molecule has 0 spiro atoms. The lowest BCUT2D eigenvalue weighted by atomic mass is 10.0. The van der Waals surface area contributed by atoms with E-state index in [4.69, 9.17) is 5.26 Å². The van der Waals surface area contributed by atoms with Crippen LogP contribution in [0.15, 0.2) is 72.8 Å². The van der Waals surface area contributed by atoms with Gasteiger partial charge in [0.1, 0.15) is 0 Å². The summed E-state index contributed by atoms with van der Waals surface area (Å²) in [6, 6.07) is 22.9. The van der Waals surface area contributed by atoms with Crippen LogP contribution in [0, 0.1) is 11.3 Å². The zero-order valence-electron chi connectivity index (χ0n) is 12.4. The highest BCUT2D eigenvalue weighted by Crippen LogP contribution is 2.19. The molecule has 1 N–H and O–H groups in total. The van der Waals surface area contributed by atoms with E-state index in [0.717, 1.165) is 16.3 Å². The maximum atomic E-state index is 12.0. The predicted octanol–water partition coefficient (Wildman–Crippen LogP) is 4.36. The third-order valence-corrected chi connectivity index (χ3v) is 3.50. The monoisotopic (exact) mass is 298 g/mol. The van der Waals surface area contributed by atoms with Crippen molar-refractivity contribution in [3.8, 4) is 6.07 Å². The molecule has 0 saturated carbocycles. The van der Waals surface area contributed by atoms with Crippen LogP contribution in [0.25, 0.3) is 16.8 Å². The first-order valence-electron chi connectivity index (χ1n) is 7.23. The van der Waals surface area contributed by atoms with E-state index in [-0.39, 0.29) is 5.91 Å². The highest BCUT2D eigenvalue weighted by atomic mass is 16.1. The second-order valence-corrected chi connectivity index (χ2v) is 5.08. The molecule has 0 atom stereocenters. The average Bonchev–Trinajstić information content (AvgIpc) is 2.60. The molecule has 0 bridgehead atoms. The molecule has 0 radical (unpaired) electrons. The predicted molar refractivity (Wildman–Crippen MR) is 92.8 cm³/mol. The van der Waals surface area contributed by atoms with E-state index in [2.05, 4.69) is 5.32 Å². The second kappa shape index (κ2) is 6.59. The van der Waals surface area contributed by atoms with E-state index in [1.807, 2.05) is 48.5 Å². The molecular weight excluding hydrogens is 284 g/mol. The Morgan fingerprint density at radius 3 is 2.65 bits per heavy atom. The molecule has 3 rings (SSSR count). The molecule has 1 amide bonds. The first-order chi connectivity index (χ1) is 11.3. The summed E-state index contributed by atoms with van der Waals surface area (Å²) >= 11 is 0. The van der Waals surface area contributed by atoms with Crippen molar-refractivity contribution in [3.05, 3.63) is 83.9 Å². The zero-order chi connectivity index (χ0) is 16.1. The van der Waals surface area contributed by atoms with Crippen LogP contribution in [0.5, 0.6) is 0 Å². The van der Waals surface area contributed by atoms with Crippen molar-refractivity contribution in [2.75, 3.05) is 5.32 Å². The van der Waals surface area contributed by atoms with Gasteiger partial charge in [-0.2, -0.15) is 5.26 Å². The number of amides is 1. The Balaban J connectivity index is 1.79. The van der Waals surface area contributed by atoms with E-state index < -0.39 is 0 Å². The van der Waals surface area contributed by atoms with Crippen molar-refractivity contribution in [2.24, 2.45) is 0 Å². The summed E-state index contributed by atoms with van der Waals surface area (Å²) in [5.41, 5.74) is 2.11. The number of carbonyl (C=O) groups excluding carboxylic acids is 1. The minimum absolute atomic E-state index is 0.229. The minimum Gasteiger partial charge on any atom is -0.322 e. The van der Waals surface area contributed by atoms with Crippen LogP contribution < -0.4 is 5.32 Å². The number of fused-ring (bicyclic) bond motifs is 1. The minimum atomic E-state index is -0.229. The Labute approximate surface area is 134 Å². The summed E-state index contributed by atoms with van der Waals surface area (Å²) < 4.78 is 0. The molecule has 0 fully saturated rings. The van der Waals surface area contributed by atoms with Crippen LogP contribution in [0.4, 0.5) is 5.69 Å². The van der Waals surface area contributed by atoms with Crippen molar-refractivity contribution < 1.29 is 4.79 Å². The van der Waals surface area contributed by atoms with Gasteiger partial charge in [-0.1, -0.05) is 48.5 Å². The maximum Gasteiger partial charge on any atom is 0.248 e. The third kappa shape index (κ3) is 3.45. The number of rotatable bonds is 3. The van der Waals surface area contributed by atoms with Gasteiger partial charge in [-0.25, -0.2) is 0 Å². The average molecular weight is 298 g/mol. The fourth-order valence-corrected chi connectivity index (χ4v) is 2.41. The fourth-order valence-electron chi connectivity index (χ4n) is 2.41. The smallest absolute Gasteiger partial charge is 0.248 e. The number of hydrogen-bond donors (Lipinski definition) is 1. The van der Waals surface area contributed by atoms with Gasteiger partial charge in [0.15, 0.2) is 0 Å². The van der Waals surface area contributed by atoms with E-state index >= 15 is 0 Å². The van der Waals surface area contributed by atoms with Crippen LogP contribution in [-0.4, -0.2) is 5.91 Å². The summed E-state index contributed by atoms with van der Waals surface area (Å²) in [7, 11) is 0. The molecule has 0 unspecified atom stereocenters. The van der Waals surface area contributed by atoms with Crippen LogP contribution in [-0.2, 0) is 4.79 Å². The first-order valence-corrected chi connectivity index (χ1v) is 7.23. The molecule has 0 heterocycles. The third-order valence-electron chi connectivity index (χ3n) is 3.50. The van der Waals surface area contributed by atoms with Gasteiger partial charge in [0.25, 0.3) is 0 Å². The molecule has 3 aromatic rings. The highest BCUT2D eigenvalue weighted by molar-refractivity contribution is 6.03. The lowest BCUT2D eigenvalue weighted by Crippen LogP contribution is -2.07. The quantitative estimate of drug-likeness (QED) is 0.730. The topological polar surface area (TPSA) is 52.9 Å². The number of anilines is 1. The lowest BCUT2D eigenvalue weighted by Gasteiger charge is -2.03. The van der Waals surface area contributed by atoms with Gasteiger partial charge in [0, 0.05) is 11.8 Å². The van der Waals surface area contributed by atoms with Crippen molar-refractivity contribution in [2.45, 2.75) is 0 Å². The van der Waals surface area contributed by atoms with Gasteiger partial charge in [-0.3, -0.25) is 4.79 Å². The van der Waals surface area contributed by atoms with E-state index in [1.54, 1.807) is 30.3 Å². The molecule has 0 aliphatic heterocycles. The van der Waals surface area contributed by atoms with Crippen molar-refractivity contribution in [1.29, 1.82) is 5.26 Å². The zero-order valence-corrected chi connectivity index (χ0v) is 12.4. The molecule has 3 nitrogen and oxygen atoms in total. The lowest BCUT2D eigenvalue weighted by molar-refractivity contribution is -0.111. The molecule has 110 valence electrons. The first kappa shape index (κ1) is 14.6. The van der Waals surface area contributed by atoms with Crippen LogP contribution >= 0.6 is 0 Å². The molecule has 3 aromatic carbocycles. The van der Waals surface area contributed by atoms with E-state index in [1.165, 1.54) is 6.08 Å². The van der Waals surface area contributed by atoms with Gasteiger partial charge in [0.2, 0.25) is 5.91 Å². The fraction of sp³-hybridized carbons (Fsp3) is 0. The van der Waals surface area contributed by atoms with Crippen molar-refractivity contribution in [1.82, 2.24) is 0 Å². The van der Waals surface area contributed by atoms with Crippen molar-refractivity contribution >= 4 is 28.4 Å². The summed E-state index contributed by atoms with van der Waals surface area (Å²) in [5.74, 6) is -0.229. The molecular formula is C20H14N2O. The summed E-state index contributed by atoms with van der Waals surface area (Å²) in [6.45, 7) is 0. The normalized spacial score (nSPS) is 10.6. The SMILES string of the molecule is N#Cc1cccc(NC(=O)C=Cc2cccc3ccccc23)c1. The molecule has 23 heavy (non-hydrogen) atoms. The summed E-state index contributed by atoms with van der Waals surface area (Å²) in [6.07, 6.45) is 3.30. The Hall–Kier alpha value is -3.38. The largest absolute Gasteiger partial charge is 0.322 e. The number of nitriles is 1. The molecule has 0 aliphatic carbocycles. The van der Waals surface area contributed by atoms with E-state index in [9.17, 15) is 4.79 Å². The second-order valence-electron chi connectivity index (χ2n) is 5.08. The summed E-state index contributed by atoms with van der Waals surface area (Å²) in [4.78, 5) is 12.0. The number of hydrogen-bond acceptors (Lipinski definition) is 2. The number of carbonyl (C=O) groups is 1. The Morgan fingerprint density at radius 1 is 1.00 bits per heavy atom. The Morgan fingerprint density at radius 2 is 1.78 bits per heavy atom. The Bertz CT molecular complexity index is 930. The van der Waals surface area contributed by atoms with E-state index in [0.29, 0.717) is 11.3 Å². The van der Waals surface area contributed by atoms with Gasteiger partial charge >= 0.3 is 0 Å².